The van der Waals surface area contributed by atoms with Crippen molar-refractivity contribution in [1.82, 2.24) is 15.5 Å². The van der Waals surface area contributed by atoms with Crippen LogP contribution in [-0.2, 0) is 9.47 Å². The first kappa shape index (κ1) is 24.9. The van der Waals surface area contributed by atoms with Gasteiger partial charge in [0.25, 0.3) is 0 Å². The van der Waals surface area contributed by atoms with E-state index in [0.717, 1.165) is 64.8 Å². The van der Waals surface area contributed by atoms with E-state index in [2.05, 4.69) is 48.3 Å². The van der Waals surface area contributed by atoms with Crippen LogP contribution in [0.15, 0.2) is 4.99 Å². The molecule has 150 valence electrons. The van der Waals surface area contributed by atoms with Crippen LogP contribution >= 0.6 is 24.0 Å². The smallest absolute Gasteiger partial charge is 0.191 e. The number of nitrogens with one attached hydrogen (secondary N) is 2. The van der Waals surface area contributed by atoms with Crippen LogP contribution in [0.2, 0.25) is 0 Å². The monoisotopic (exact) mass is 470 g/mol. The fourth-order valence-corrected chi connectivity index (χ4v) is 2.57. The Labute approximate surface area is 171 Å². The molecule has 2 unspecified atom stereocenters. The molecule has 0 amide bonds. The molecule has 0 aliphatic carbocycles. The molecule has 1 rings (SSSR count). The van der Waals surface area contributed by atoms with Gasteiger partial charge in [-0.25, -0.2) is 0 Å². The first-order chi connectivity index (χ1) is 11.7. The summed E-state index contributed by atoms with van der Waals surface area (Å²) in [6.45, 7) is 12.5. The maximum Gasteiger partial charge on any atom is 0.191 e. The van der Waals surface area contributed by atoms with Crippen molar-refractivity contribution in [2.45, 2.75) is 58.6 Å². The molecular weight excluding hydrogens is 431 g/mol. The van der Waals surface area contributed by atoms with Gasteiger partial charge in [0.05, 0.1) is 12.7 Å². The summed E-state index contributed by atoms with van der Waals surface area (Å²) in [5.41, 5.74) is 0. The summed E-state index contributed by atoms with van der Waals surface area (Å²) >= 11 is 0. The molecule has 0 bridgehead atoms. The Morgan fingerprint density at radius 3 is 2.80 bits per heavy atom. The van der Waals surface area contributed by atoms with E-state index in [-0.39, 0.29) is 24.0 Å². The van der Waals surface area contributed by atoms with Crippen molar-refractivity contribution in [3.05, 3.63) is 0 Å². The third-order valence-electron chi connectivity index (χ3n) is 4.49. The van der Waals surface area contributed by atoms with Gasteiger partial charge in [-0.05, 0) is 46.6 Å². The third kappa shape index (κ3) is 12.0. The maximum absolute atomic E-state index is 5.67. The van der Waals surface area contributed by atoms with Gasteiger partial charge in [-0.3, -0.25) is 4.99 Å². The van der Waals surface area contributed by atoms with Crippen LogP contribution < -0.4 is 10.6 Å². The maximum atomic E-state index is 5.67. The number of hydrogen-bond acceptors (Lipinski definition) is 4. The van der Waals surface area contributed by atoms with E-state index in [4.69, 9.17) is 9.47 Å². The molecule has 0 aromatic rings. The molecule has 0 spiro atoms. The minimum Gasteiger partial charge on any atom is -0.379 e. The predicted molar refractivity (Wildman–Crippen MR) is 116 cm³/mol. The number of hydrogen-bond donors (Lipinski definition) is 2. The summed E-state index contributed by atoms with van der Waals surface area (Å²) in [5, 5.41) is 6.70. The van der Waals surface area contributed by atoms with E-state index in [1.807, 2.05) is 0 Å². The lowest BCUT2D eigenvalue weighted by Crippen LogP contribution is -2.42. The Balaban J connectivity index is 0.00000576. The highest BCUT2D eigenvalue weighted by atomic mass is 127. The van der Waals surface area contributed by atoms with Crippen LogP contribution in [0.1, 0.15) is 46.5 Å². The molecule has 0 aromatic carbocycles. The number of likely N-dealkylation sites (N-methyl/N-ethyl adjacent to an activating group) is 1. The Bertz CT molecular complexity index is 339. The summed E-state index contributed by atoms with van der Waals surface area (Å²) in [6, 6.07) is 0.618. The van der Waals surface area contributed by atoms with Crippen LogP contribution in [0.5, 0.6) is 0 Å². The molecule has 1 aliphatic heterocycles. The predicted octanol–water partition coefficient (Wildman–Crippen LogP) is 2.48. The lowest BCUT2D eigenvalue weighted by Gasteiger charge is -2.24. The zero-order chi connectivity index (χ0) is 17.6. The number of aliphatic imine (C=N–C) groups is 1. The van der Waals surface area contributed by atoms with Crippen molar-refractivity contribution in [1.29, 1.82) is 0 Å². The van der Waals surface area contributed by atoms with Gasteiger partial charge in [-0.1, -0.05) is 6.92 Å². The molecule has 0 radical (unpaired) electrons. The van der Waals surface area contributed by atoms with E-state index in [1.165, 1.54) is 12.8 Å². The van der Waals surface area contributed by atoms with Gasteiger partial charge in [-0.2, -0.15) is 0 Å². The Morgan fingerprint density at radius 2 is 2.16 bits per heavy atom. The Hall–Kier alpha value is -0.120. The molecule has 6 nitrogen and oxygen atoms in total. The number of halogens is 1. The van der Waals surface area contributed by atoms with Gasteiger partial charge < -0.3 is 25.0 Å². The third-order valence-corrected chi connectivity index (χ3v) is 4.49. The summed E-state index contributed by atoms with van der Waals surface area (Å²) in [7, 11) is 2.17. The van der Waals surface area contributed by atoms with E-state index in [1.54, 1.807) is 0 Å². The van der Waals surface area contributed by atoms with Crippen molar-refractivity contribution in [2.24, 2.45) is 4.99 Å². The highest BCUT2D eigenvalue weighted by molar-refractivity contribution is 14.0. The van der Waals surface area contributed by atoms with Gasteiger partial charge in [0.15, 0.2) is 5.96 Å². The van der Waals surface area contributed by atoms with Crippen LogP contribution in [0.3, 0.4) is 0 Å². The first-order valence-electron chi connectivity index (χ1n) is 9.59. The molecule has 7 heteroatoms. The second-order valence-corrected chi connectivity index (χ2v) is 6.49. The fourth-order valence-electron chi connectivity index (χ4n) is 2.57. The van der Waals surface area contributed by atoms with Crippen molar-refractivity contribution < 1.29 is 9.47 Å². The normalized spacial score (nSPS) is 18.9. The van der Waals surface area contributed by atoms with E-state index < -0.39 is 0 Å². The van der Waals surface area contributed by atoms with Gasteiger partial charge in [0.2, 0.25) is 0 Å². The summed E-state index contributed by atoms with van der Waals surface area (Å²) in [4.78, 5) is 6.98. The highest BCUT2D eigenvalue weighted by Crippen LogP contribution is 2.11. The second-order valence-electron chi connectivity index (χ2n) is 6.49. The zero-order valence-electron chi connectivity index (χ0n) is 16.6. The quantitative estimate of drug-likeness (QED) is 0.199. The largest absolute Gasteiger partial charge is 0.379 e. The van der Waals surface area contributed by atoms with Crippen LogP contribution in [0.4, 0.5) is 0 Å². The van der Waals surface area contributed by atoms with E-state index >= 15 is 0 Å². The van der Waals surface area contributed by atoms with Crippen LogP contribution in [-0.4, -0.2) is 76.1 Å². The molecule has 0 saturated carbocycles. The van der Waals surface area contributed by atoms with Crippen molar-refractivity contribution in [2.75, 3.05) is 53.0 Å². The van der Waals surface area contributed by atoms with Gasteiger partial charge in [0.1, 0.15) is 0 Å². The Morgan fingerprint density at radius 1 is 1.36 bits per heavy atom. The minimum absolute atomic E-state index is 0. The molecule has 1 heterocycles. The van der Waals surface area contributed by atoms with Gasteiger partial charge >= 0.3 is 0 Å². The standard InChI is InChI=1S/C18H38N4O2.HI/c1-5-16(3)22(4)12-11-21-18(19-6-2)20-10-8-13-23-15-17-9-7-14-24-17;/h16-17H,5-15H2,1-4H3,(H2,19,20,21);1H. The second kappa shape index (κ2) is 16.1. The molecule has 1 aliphatic rings. The number of guanidine groups is 1. The lowest BCUT2D eigenvalue weighted by molar-refractivity contribution is 0.0171. The molecule has 0 aromatic heterocycles. The topological polar surface area (TPSA) is 58.1 Å². The first-order valence-corrected chi connectivity index (χ1v) is 9.59. The summed E-state index contributed by atoms with van der Waals surface area (Å²) in [5.74, 6) is 0.897. The van der Waals surface area contributed by atoms with Gasteiger partial charge in [-0.15, -0.1) is 24.0 Å². The lowest BCUT2D eigenvalue weighted by atomic mass is 10.2. The number of ether oxygens (including phenoxy) is 2. The van der Waals surface area contributed by atoms with E-state index in [0.29, 0.717) is 12.1 Å². The molecule has 2 N–H and O–H groups in total. The molecule has 25 heavy (non-hydrogen) atoms. The minimum atomic E-state index is 0. The highest BCUT2D eigenvalue weighted by Gasteiger charge is 2.14. The SMILES string of the molecule is CCNC(=NCCCOCC1CCCO1)NCCN(C)C(C)CC.I. The van der Waals surface area contributed by atoms with Crippen LogP contribution in [0, 0.1) is 0 Å². The Kier molecular flexibility index (Phi) is 16.0. The van der Waals surface area contributed by atoms with Crippen molar-refractivity contribution in [3.8, 4) is 0 Å². The van der Waals surface area contributed by atoms with Crippen molar-refractivity contribution in [3.63, 3.8) is 0 Å². The molecular formula is C18H39IN4O2. The van der Waals surface area contributed by atoms with Crippen molar-refractivity contribution >= 4 is 29.9 Å². The van der Waals surface area contributed by atoms with Gasteiger partial charge in [0, 0.05) is 45.4 Å². The number of nitrogens with zero attached hydrogens (tertiary/aromatic N) is 2. The average Bonchev–Trinajstić information content (AvgIpc) is 3.10. The summed E-state index contributed by atoms with van der Waals surface area (Å²) < 4.78 is 11.2. The number of rotatable bonds is 12. The van der Waals surface area contributed by atoms with Crippen LogP contribution in [0.25, 0.3) is 0 Å². The average molecular weight is 470 g/mol. The molecule has 1 fully saturated rings. The molecule has 2 atom stereocenters. The van der Waals surface area contributed by atoms with E-state index in [9.17, 15) is 0 Å². The summed E-state index contributed by atoms with van der Waals surface area (Å²) in [6.07, 6.45) is 4.74. The molecule has 1 saturated heterocycles. The fraction of sp³-hybridized carbons (Fsp3) is 0.944. The zero-order valence-corrected chi connectivity index (χ0v) is 18.9.